The molecule has 0 unspecified atom stereocenters. The molecule has 3 nitrogen and oxygen atoms in total. The molecule has 4 aromatic rings. The van der Waals surface area contributed by atoms with Gasteiger partial charge in [0.05, 0.1) is 10.6 Å². The van der Waals surface area contributed by atoms with E-state index in [1.807, 2.05) is 72.8 Å². The van der Waals surface area contributed by atoms with Gasteiger partial charge in [-0.1, -0.05) is 70.5 Å². The Balaban J connectivity index is 1.89. The van der Waals surface area contributed by atoms with Gasteiger partial charge in [0.1, 0.15) is 0 Å². The number of anilines is 1. The second-order valence-electron chi connectivity index (χ2n) is 6.09. The summed E-state index contributed by atoms with van der Waals surface area (Å²) in [5.74, 6) is 0. The number of hydrogen-bond acceptors (Lipinski definition) is 3. The first kappa shape index (κ1) is 19.1. The topological polar surface area (TPSA) is 37.4 Å². The number of benzene rings is 4. The molecule has 0 bridgehead atoms. The molecular weight excluding hydrogens is 454 g/mol. The van der Waals surface area contributed by atoms with Crippen LogP contribution in [0.15, 0.2) is 111 Å². The predicted octanol–water partition coefficient (Wildman–Crippen LogP) is 6.50. The predicted molar refractivity (Wildman–Crippen MR) is 120 cm³/mol. The lowest BCUT2D eigenvalue weighted by Gasteiger charge is -2.24. The number of rotatable bonds is 5. The van der Waals surface area contributed by atoms with Gasteiger partial charge in [0.25, 0.3) is 10.0 Å². The minimum absolute atomic E-state index is 0.257. The molecule has 0 aliphatic heterocycles. The van der Waals surface area contributed by atoms with Crippen LogP contribution < -0.4 is 3.71 Å². The van der Waals surface area contributed by atoms with Crippen molar-refractivity contribution in [1.29, 1.82) is 0 Å². The van der Waals surface area contributed by atoms with Gasteiger partial charge in [-0.25, -0.2) is 12.1 Å². The van der Waals surface area contributed by atoms with Crippen LogP contribution in [0.4, 0.5) is 5.69 Å². The SMILES string of the molecule is O=S(=O)(c1ccccc1)N(Sc1ccc(Br)cc1)c1cccc2ccccc12. The van der Waals surface area contributed by atoms with Crippen molar-refractivity contribution in [1.82, 2.24) is 0 Å². The summed E-state index contributed by atoms with van der Waals surface area (Å²) in [5.41, 5.74) is 0.634. The molecule has 0 radical (unpaired) electrons. The third kappa shape index (κ3) is 3.81. The summed E-state index contributed by atoms with van der Waals surface area (Å²) >= 11 is 4.62. The van der Waals surface area contributed by atoms with E-state index in [1.54, 1.807) is 24.3 Å². The van der Waals surface area contributed by atoms with Gasteiger partial charge in [-0.05, 0) is 47.9 Å². The van der Waals surface area contributed by atoms with Gasteiger partial charge >= 0.3 is 0 Å². The van der Waals surface area contributed by atoms with E-state index >= 15 is 0 Å². The highest BCUT2D eigenvalue weighted by Crippen LogP contribution is 2.39. The molecule has 28 heavy (non-hydrogen) atoms. The second-order valence-corrected chi connectivity index (χ2v) is 10.0. The molecule has 0 spiro atoms. The Labute approximate surface area is 177 Å². The summed E-state index contributed by atoms with van der Waals surface area (Å²) < 4.78 is 29.4. The Morgan fingerprint density at radius 3 is 2.11 bits per heavy atom. The van der Waals surface area contributed by atoms with Gasteiger partial charge in [-0.2, -0.15) is 0 Å². The van der Waals surface area contributed by atoms with E-state index in [0.717, 1.165) is 20.1 Å². The van der Waals surface area contributed by atoms with Gasteiger partial charge in [0, 0.05) is 26.7 Å². The number of hydrogen-bond donors (Lipinski definition) is 0. The van der Waals surface area contributed by atoms with Gasteiger partial charge in [-0.3, -0.25) is 0 Å². The average Bonchev–Trinajstić information content (AvgIpc) is 2.73. The normalized spacial score (nSPS) is 11.5. The van der Waals surface area contributed by atoms with Crippen molar-refractivity contribution < 1.29 is 8.42 Å². The van der Waals surface area contributed by atoms with Gasteiger partial charge in [0.2, 0.25) is 0 Å². The van der Waals surface area contributed by atoms with E-state index in [9.17, 15) is 8.42 Å². The molecule has 0 saturated heterocycles. The molecule has 0 aromatic heterocycles. The van der Waals surface area contributed by atoms with Crippen LogP contribution in [0.25, 0.3) is 10.8 Å². The van der Waals surface area contributed by atoms with Crippen molar-refractivity contribution in [2.24, 2.45) is 0 Å². The van der Waals surface area contributed by atoms with Crippen LogP contribution in [0, 0.1) is 0 Å². The summed E-state index contributed by atoms with van der Waals surface area (Å²) in [7, 11) is -3.77. The van der Waals surface area contributed by atoms with Gasteiger partial charge in [0.15, 0.2) is 0 Å². The number of fused-ring (bicyclic) bond motifs is 1. The molecule has 4 aromatic carbocycles. The van der Waals surface area contributed by atoms with Crippen molar-refractivity contribution >= 4 is 54.4 Å². The van der Waals surface area contributed by atoms with E-state index in [4.69, 9.17) is 0 Å². The summed E-state index contributed by atoms with van der Waals surface area (Å²) in [6, 6.07) is 29.6. The maximum Gasteiger partial charge on any atom is 0.274 e. The lowest BCUT2D eigenvalue weighted by Crippen LogP contribution is -2.24. The van der Waals surface area contributed by atoms with Crippen molar-refractivity contribution in [3.8, 4) is 0 Å². The van der Waals surface area contributed by atoms with Crippen LogP contribution in [-0.4, -0.2) is 8.42 Å². The molecule has 0 saturated carbocycles. The van der Waals surface area contributed by atoms with Crippen LogP contribution in [0.2, 0.25) is 0 Å². The maximum atomic E-state index is 13.5. The van der Waals surface area contributed by atoms with E-state index < -0.39 is 10.0 Å². The molecule has 0 amide bonds. The minimum atomic E-state index is -3.77. The molecule has 140 valence electrons. The largest absolute Gasteiger partial charge is 0.274 e. The zero-order valence-electron chi connectivity index (χ0n) is 14.7. The molecule has 0 N–H and O–H groups in total. The van der Waals surface area contributed by atoms with Crippen LogP contribution >= 0.6 is 27.9 Å². The van der Waals surface area contributed by atoms with Gasteiger partial charge in [-0.15, -0.1) is 0 Å². The van der Waals surface area contributed by atoms with E-state index in [0.29, 0.717) is 5.69 Å². The first-order chi connectivity index (χ1) is 13.6. The van der Waals surface area contributed by atoms with E-state index in [-0.39, 0.29) is 4.90 Å². The molecular formula is C22H16BrNO2S2. The standard InChI is InChI=1S/C22H16BrNO2S2/c23-18-13-15-19(16-14-18)27-24(28(25,26)20-9-2-1-3-10-20)22-12-6-8-17-7-4-5-11-21(17)22/h1-16H. The summed E-state index contributed by atoms with van der Waals surface area (Å²) in [6.07, 6.45) is 0. The fourth-order valence-corrected chi connectivity index (χ4v) is 5.87. The zero-order valence-corrected chi connectivity index (χ0v) is 17.9. The molecule has 0 aliphatic carbocycles. The lowest BCUT2D eigenvalue weighted by atomic mass is 10.1. The zero-order chi connectivity index (χ0) is 19.6. The maximum absolute atomic E-state index is 13.5. The molecule has 0 atom stereocenters. The van der Waals surface area contributed by atoms with Crippen LogP contribution in [0.5, 0.6) is 0 Å². The van der Waals surface area contributed by atoms with E-state index in [2.05, 4.69) is 15.9 Å². The number of sulfonamides is 1. The Bertz CT molecular complexity index is 1200. The van der Waals surface area contributed by atoms with Crippen molar-refractivity contribution in [2.75, 3.05) is 3.71 Å². The first-order valence-electron chi connectivity index (χ1n) is 8.57. The Kier molecular flexibility index (Phi) is 5.44. The fraction of sp³-hybridized carbons (Fsp3) is 0. The van der Waals surface area contributed by atoms with E-state index in [1.165, 1.54) is 15.7 Å². The van der Waals surface area contributed by atoms with Crippen molar-refractivity contribution in [2.45, 2.75) is 9.79 Å². The quantitative estimate of drug-likeness (QED) is 0.312. The number of halogens is 1. The highest BCUT2D eigenvalue weighted by molar-refractivity contribution is 9.10. The fourth-order valence-electron chi connectivity index (χ4n) is 2.87. The van der Waals surface area contributed by atoms with Crippen LogP contribution in [0.3, 0.4) is 0 Å². The van der Waals surface area contributed by atoms with Crippen molar-refractivity contribution in [3.63, 3.8) is 0 Å². The Morgan fingerprint density at radius 2 is 1.36 bits per heavy atom. The molecule has 0 fully saturated rings. The summed E-state index contributed by atoms with van der Waals surface area (Å²) in [6.45, 7) is 0. The second kappa shape index (κ2) is 7.99. The summed E-state index contributed by atoms with van der Waals surface area (Å²) in [4.78, 5) is 1.09. The molecule has 6 heteroatoms. The molecule has 0 aliphatic rings. The Hall–Kier alpha value is -2.28. The third-order valence-corrected chi connectivity index (χ3v) is 7.91. The van der Waals surface area contributed by atoms with Gasteiger partial charge < -0.3 is 0 Å². The minimum Gasteiger partial charge on any atom is -0.203 e. The molecule has 4 rings (SSSR count). The highest BCUT2D eigenvalue weighted by atomic mass is 79.9. The monoisotopic (exact) mass is 469 g/mol. The first-order valence-corrected chi connectivity index (χ1v) is 11.6. The lowest BCUT2D eigenvalue weighted by molar-refractivity contribution is 0.598. The van der Waals surface area contributed by atoms with Crippen LogP contribution in [-0.2, 0) is 10.0 Å². The Morgan fingerprint density at radius 1 is 0.714 bits per heavy atom. The summed E-state index contributed by atoms with van der Waals surface area (Å²) in [5, 5.41) is 1.87. The number of nitrogens with zero attached hydrogens (tertiary/aromatic N) is 1. The third-order valence-electron chi connectivity index (χ3n) is 4.22. The smallest absolute Gasteiger partial charge is 0.203 e. The highest BCUT2D eigenvalue weighted by Gasteiger charge is 2.27. The molecule has 0 heterocycles. The van der Waals surface area contributed by atoms with Crippen molar-refractivity contribution in [3.05, 3.63) is 102 Å². The van der Waals surface area contributed by atoms with Crippen LogP contribution in [0.1, 0.15) is 0 Å². The average molecular weight is 470 g/mol.